The Morgan fingerprint density at radius 1 is 0.514 bits per heavy atom. The van der Waals surface area contributed by atoms with Crippen LogP contribution in [0.2, 0.25) is 0 Å². The van der Waals surface area contributed by atoms with Crippen LogP contribution in [0.15, 0.2) is 133 Å². The van der Waals surface area contributed by atoms with Crippen LogP contribution in [0.3, 0.4) is 0 Å². The fraction of sp³-hybridized carbons (Fsp3) is 0.0312. The molecule has 0 amide bonds. The van der Waals surface area contributed by atoms with Crippen LogP contribution >= 0.6 is 0 Å². The Morgan fingerprint density at radius 2 is 0.914 bits per heavy atom. The molecule has 5 aromatic rings. The Morgan fingerprint density at radius 3 is 1.37 bits per heavy atom. The summed E-state index contributed by atoms with van der Waals surface area (Å²) >= 11 is 0. The van der Waals surface area contributed by atoms with E-state index in [0.29, 0.717) is 5.56 Å². The molecule has 3 heteroatoms. The molecule has 170 valence electrons. The number of anilines is 3. The second-order valence-corrected chi connectivity index (χ2v) is 8.17. The van der Waals surface area contributed by atoms with E-state index in [1.807, 2.05) is 54.6 Å². The summed E-state index contributed by atoms with van der Waals surface area (Å²) in [5.41, 5.74) is 7.76. The number of nitrogens with zero attached hydrogens (tertiary/aromatic N) is 1. The largest absolute Gasteiger partial charge is 0.465 e. The molecule has 0 saturated heterocycles. The van der Waals surface area contributed by atoms with Crippen LogP contribution in [-0.4, -0.2) is 13.1 Å². The van der Waals surface area contributed by atoms with Crippen molar-refractivity contribution >= 4 is 23.0 Å². The molecule has 0 N–H and O–H groups in total. The highest BCUT2D eigenvalue weighted by atomic mass is 16.5. The molecule has 0 bridgehead atoms. The zero-order valence-electron chi connectivity index (χ0n) is 19.5. The number of benzene rings is 5. The van der Waals surface area contributed by atoms with Crippen molar-refractivity contribution < 1.29 is 9.53 Å². The van der Waals surface area contributed by atoms with Crippen molar-refractivity contribution in [2.75, 3.05) is 12.0 Å². The second kappa shape index (κ2) is 10.1. The molecule has 0 atom stereocenters. The van der Waals surface area contributed by atoms with Crippen molar-refractivity contribution in [1.82, 2.24) is 0 Å². The minimum absolute atomic E-state index is 0.368. The van der Waals surface area contributed by atoms with Crippen LogP contribution in [0.5, 0.6) is 0 Å². The predicted molar refractivity (Wildman–Crippen MR) is 143 cm³/mol. The second-order valence-electron chi connectivity index (χ2n) is 8.17. The average molecular weight is 456 g/mol. The summed E-state index contributed by atoms with van der Waals surface area (Å²) in [7, 11) is 1.41. The Balaban J connectivity index is 1.60. The first-order valence-corrected chi connectivity index (χ1v) is 11.5. The summed E-state index contributed by atoms with van der Waals surface area (Å²) in [5.74, 6) is -0.368. The number of esters is 1. The van der Waals surface area contributed by atoms with Gasteiger partial charge in [0.25, 0.3) is 0 Å². The van der Waals surface area contributed by atoms with Gasteiger partial charge in [-0.05, 0) is 58.7 Å². The molecule has 0 radical (unpaired) electrons. The van der Waals surface area contributed by atoms with Gasteiger partial charge in [-0.15, -0.1) is 0 Å². The van der Waals surface area contributed by atoms with Crippen LogP contribution in [0.1, 0.15) is 10.4 Å². The summed E-state index contributed by atoms with van der Waals surface area (Å²) in [5, 5.41) is 0. The summed E-state index contributed by atoms with van der Waals surface area (Å²) in [4.78, 5) is 14.7. The maximum Gasteiger partial charge on any atom is 0.339 e. The molecule has 0 aliphatic carbocycles. The van der Waals surface area contributed by atoms with E-state index in [9.17, 15) is 4.79 Å². The number of carbonyl (C=O) groups is 1. The van der Waals surface area contributed by atoms with E-state index < -0.39 is 0 Å². The third-order valence-corrected chi connectivity index (χ3v) is 6.02. The standard InChI is InChI=1S/C32H25NO2/c1-35-32(34)30-14-8-9-15-31(30)33(28-20-16-26(17-21-28)24-10-4-2-5-11-24)29-22-18-27(19-23-29)25-12-6-3-7-13-25/h2-23H,1H3. The smallest absolute Gasteiger partial charge is 0.339 e. The Labute approximate surface area is 205 Å². The van der Waals surface area contributed by atoms with E-state index in [1.54, 1.807) is 6.07 Å². The minimum atomic E-state index is -0.368. The van der Waals surface area contributed by atoms with Crippen molar-refractivity contribution in [1.29, 1.82) is 0 Å². The first-order valence-electron chi connectivity index (χ1n) is 11.5. The SMILES string of the molecule is COC(=O)c1ccccc1N(c1ccc(-c2ccccc2)cc1)c1ccc(-c2ccccc2)cc1. The highest BCUT2D eigenvalue weighted by Crippen LogP contribution is 2.38. The molecular weight excluding hydrogens is 430 g/mol. The van der Waals surface area contributed by atoms with Gasteiger partial charge in [0.15, 0.2) is 0 Å². The van der Waals surface area contributed by atoms with Crippen molar-refractivity contribution in [2.45, 2.75) is 0 Å². The van der Waals surface area contributed by atoms with Gasteiger partial charge in [-0.3, -0.25) is 0 Å². The van der Waals surface area contributed by atoms with Crippen LogP contribution in [0.4, 0.5) is 17.1 Å². The molecule has 0 fully saturated rings. The predicted octanol–water partition coefficient (Wildman–Crippen LogP) is 8.28. The zero-order valence-corrected chi connectivity index (χ0v) is 19.5. The van der Waals surface area contributed by atoms with Gasteiger partial charge in [-0.1, -0.05) is 97.1 Å². The third-order valence-electron chi connectivity index (χ3n) is 6.02. The Hall–Kier alpha value is -4.63. The van der Waals surface area contributed by atoms with Crippen molar-refractivity contribution in [2.24, 2.45) is 0 Å². The number of ether oxygens (including phenoxy) is 1. The van der Waals surface area contributed by atoms with Crippen LogP contribution in [0.25, 0.3) is 22.3 Å². The lowest BCUT2D eigenvalue weighted by atomic mass is 10.0. The Bertz CT molecular complexity index is 1330. The number of rotatable bonds is 6. The molecule has 0 aromatic heterocycles. The van der Waals surface area contributed by atoms with Crippen molar-refractivity contribution in [3.05, 3.63) is 139 Å². The molecular formula is C32H25NO2. The Kier molecular flexibility index (Phi) is 6.40. The summed E-state index contributed by atoms with van der Waals surface area (Å²) < 4.78 is 5.09. The molecule has 0 unspecified atom stereocenters. The van der Waals surface area contributed by atoms with Gasteiger partial charge in [0, 0.05) is 11.4 Å². The van der Waals surface area contributed by atoms with Crippen LogP contribution in [-0.2, 0) is 4.74 Å². The van der Waals surface area contributed by atoms with E-state index in [2.05, 4.69) is 77.7 Å². The summed E-state index contributed by atoms with van der Waals surface area (Å²) in [6.45, 7) is 0. The van der Waals surface area contributed by atoms with Crippen LogP contribution in [0, 0.1) is 0 Å². The number of hydrogen-bond acceptors (Lipinski definition) is 3. The van der Waals surface area contributed by atoms with Gasteiger partial charge in [-0.2, -0.15) is 0 Å². The number of hydrogen-bond donors (Lipinski definition) is 0. The van der Waals surface area contributed by atoms with Gasteiger partial charge in [-0.25, -0.2) is 4.79 Å². The number of carbonyl (C=O) groups excluding carboxylic acids is 1. The monoisotopic (exact) mass is 455 g/mol. The molecule has 3 nitrogen and oxygen atoms in total. The molecule has 0 heterocycles. The molecule has 0 aliphatic rings. The van der Waals surface area contributed by atoms with Gasteiger partial charge in [0.2, 0.25) is 0 Å². The van der Waals surface area contributed by atoms with Crippen molar-refractivity contribution in [3.63, 3.8) is 0 Å². The minimum Gasteiger partial charge on any atom is -0.465 e. The lowest BCUT2D eigenvalue weighted by molar-refractivity contribution is 0.0601. The zero-order chi connectivity index (χ0) is 24.0. The van der Waals surface area contributed by atoms with Gasteiger partial charge in [0.1, 0.15) is 0 Å². The normalized spacial score (nSPS) is 10.5. The van der Waals surface area contributed by atoms with Crippen molar-refractivity contribution in [3.8, 4) is 22.3 Å². The fourth-order valence-corrected chi connectivity index (χ4v) is 4.25. The van der Waals surface area contributed by atoms with E-state index in [1.165, 1.54) is 7.11 Å². The molecule has 0 aliphatic heterocycles. The number of para-hydroxylation sites is 1. The quantitative estimate of drug-likeness (QED) is 0.241. The lowest BCUT2D eigenvalue weighted by Gasteiger charge is -2.27. The number of methoxy groups -OCH3 is 1. The summed E-state index contributed by atoms with van der Waals surface area (Å²) in [6.07, 6.45) is 0. The molecule has 5 aromatic carbocycles. The van der Waals surface area contributed by atoms with Gasteiger partial charge >= 0.3 is 5.97 Å². The summed E-state index contributed by atoms with van der Waals surface area (Å²) in [6, 6.07) is 44.9. The fourth-order valence-electron chi connectivity index (χ4n) is 4.25. The molecule has 0 spiro atoms. The van der Waals surface area contributed by atoms with Crippen LogP contribution < -0.4 is 4.90 Å². The highest BCUT2D eigenvalue weighted by Gasteiger charge is 2.20. The maximum atomic E-state index is 12.6. The van der Waals surface area contributed by atoms with Gasteiger partial charge in [0.05, 0.1) is 18.4 Å². The molecule has 5 rings (SSSR count). The van der Waals surface area contributed by atoms with E-state index in [4.69, 9.17) is 4.74 Å². The highest BCUT2D eigenvalue weighted by molar-refractivity contribution is 5.98. The first kappa shape index (κ1) is 22.2. The third kappa shape index (κ3) is 4.71. The average Bonchev–Trinajstić information content (AvgIpc) is 2.95. The molecule has 0 saturated carbocycles. The van der Waals surface area contributed by atoms with E-state index in [-0.39, 0.29) is 5.97 Å². The lowest BCUT2D eigenvalue weighted by Crippen LogP contribution is -2.15. The molecule has 35 heavy (non-hydrogen) atoms. The first-order chi connectivity index (χ1) is 17.2. The maximum absolute atomic E-state index is 12.6. The van der Waals surface area contributed by atoms with Gasteiger partial charge < -0.3 is 9.64 Å². The van der Waals surface area contributed by atoms with E-state index in [0.717, 1.165) is 39.3 Å². The van der Waals surface area contributed by atoms with E-state index >= 15 is 0 Å². The topological polar surface area (TPSA) is 29.5 Å².